The standard InChI is InChI=1S/C16H16/c1-11-5-3-7-13-9-14-8-4-6-12(2)16(14)10-15(11)13/h3-5,7-10,12H,6H2,1-2H3. The van der Waals surface area contributed by atoms with Crippen molar-refractivity contribution in [2.45, 2.75) is 26.2 Å². The van der Waals surface area contributed by atoms with E-state index in [4.69, 9.17) is 0 Å². The number of hydrogen-bond acceptors (Lipinski definition) is 0. The molecule has 3 rings (SSSR count). The van der Waals surface area contributed by atoms with E-state index in [0.717, 1.165) is 0 Å². The van der Waals surface area contributed by atoms with E-state index in [1.165, 1.54) is 33.9 Å². The molecule has 0 nitrogen and oxygen atoms in total. The molecule has 1 atom stereocenters. The molecular formula is C16H16. The van der Waals surface area contributed by atoms with Gasteiger partial charge in [0.15, 0.2) is 0 Å². The second kappa shape index (κ2) is 3.48. The molecule has 0 fully saturated rings. The molecular weight excluding hydrogens is 192 g/mol. The fourth-order valence-electron chi connectivity index (χ4n) is 2.61. The maximum Gasteiger partial charge on any atom is -0.0150 e. The highest BCUT2D eigenvalue weighted by molar-refractivity contribution is 5.89. The van der Waals surface area contributed by atoms with Gasteiger partial charge in [0.1, 0.15) is 0 Å². The maximum atomic E-state index is 2.38. The summed E-state index contributed by atoms with van der Waals surface area (Å²) in [4.78, 5) is 0. The molecule has 1 aliphatic rings. The summed E-state index contributed by atoms with van der Waals surface area (Å²) in [7, 11) is 0. The van der Waals surface area contributed by atoms with Crippen molar-refractivity contribution in [3.8, 4) is 0 Å². The number of allylic oxidation sites excluding steroid dienone is 1. The normalized spacial score (nSPS) is 18.8. The first-order chi connectivity index (χ1) is 7.75. The number of rotatable bonds is 0. The molecule has 1 unspecified atom stereocenters. The lowest BCUT2D eigenvalue weighted by molar-refractivity contribution is 0.773. The first kappa shape index (κ1) is 9.65. The molecule has 0 heterocycles. The van der Waals surface area contributed by atoms with E-state index < -0.39 is 0 Å². The molecule has 0 saturated carbocycles. The number of aryl methyl sites for hydroxylation is 1. The monoisotopic (exact) mass is 208 g/mol. The minimum Gasteiger partial charge on any atom is -0.0833 e. The Kier molecular flexibility index (Phi) is 2.10. The molecule has 2 aromatic rings. The third-order valence-corrected chi connectivity index (χ3v) is 3.62. The van der Waals surface area contributed by atoms with Crippen LogP contribution in [-0.4, -0.2) is 0 Å². The van der Waals surface area contributed by atoms with Crippen LogP contribution in [0.3, 0.4) is 0 Å². The van der Waals surface area contributed by atoms with Crippen LogP contribution in [0.1, 0.15) is 36.0 Å². The van der Waals surface area contributed by atoms with E-state index >= 15 is 0 Å². The number of fused-ring (bicyclic) bond motifs is 2. The predicted molar refractivity (Wildman–Crippen MR) is 70.8 cm³/mol. The van der Waals surface area contributed by atoms with Crippen LogP contribution in [0.15, 0.2) is 36.4 Å². The van der Waals surface area contributed by atoms with Gasteiger partial charge in [-0.1, -0.05) is 43.3 Å². The van der Waals surface area contributed by atoms with Gasteiger partial charge in [-0.25, -0.2) is 0 Å². The van der Waals surface area contributed by atoms with Gasteiger partial charge in [-0.15, -0.1) is 0 Å². The van der Waals surface area contributed by atoms with E-state index in [2.05, 4.69) is 56.3 Å². The minimum atomic E-state index is 0.656. The Hall–Kier alpha value is -1.56. The molecule has 1 aliphatic carbocycles. The molecule has 0 aliphatic heterocycles. The highest BCUT2D eigenvalue weighted by Gasteiger charge is 2.13. The topological polar surface area (TPSA) is 0 Å². The van der Waals surface area contributed by atoms with E-state index in [1.807, 2.05) is 0 Å². The molecule has 2 aromatic carbocycles. The summed E-state index contributed by atoms with van der Waals surface area (Å²) >= 11 is 0. The van der Waals surface area contributed by atoms with Crippen molar-refractivity contribution < 1.29 is 0 Å². The van der Waals surface area contributed by atoms with Gasteiger partial charge in [0, 0.05) is 0 Å². The fraction of sp³-hybridized carbons (Fsp3) is 0.250. The smallest absolute Gasteiger partial charge is 0.0150 e. The van der Waals surface area contributed by atoms with Crippen molar-refractivity contribution in [1.29, 1.82) is 0 Å². The Balaban J connectivity index is 2.36. The second-order valence-corrected chi connectivity index (χ2v) is 4.82. The summed E-state index contributed by atoms with van der Waals surface area (Å²) in [6.07, 6.45) is 5.72. The lowest BCUT2D eigenvalue weighted by atomic mass is 9.86. The van der Waals surface area contributed by atoms with Crippen LogP contribution in [-0.2, 0) is 0 Å². The average Bonchev–Trinajstić information content (AvgIpc) is 2.28. The van der Waals surface area contributed by atoms with Crippen LogP contribution >= 0.6 is 0 Å². The maximum absolute atomic E-state index is 2.38. The van der Waals surface area contributed by atoms with Gasteiger partial charge < -0.3 is 0 Å². The van der Waals surface area contributed by atoms with E-state index in [-0.39, 0.29) is 0 Å². The Bertz CT molecular complexity index is 576. The van der Waals surface area contributed by atoms with Crippen LogP contribution < -0.4 is 0 Å². The SMILES string of the molecule is Cc1cccc2cc3c(cc12)C(C)CC=C3. The molecule has 0 saturated heterocycles. The Morgan fingerprint density at radius 1 is 1.19 bits per heavy atom. The first-order valence-electron chi connectivity index (χ1n) is 5.95. The van der Waals surface area contributed by atoms with Crippen molar-refractivity contribution in [3.05, 3.63) is 53.1 Å². The summed E-state index contributed by atoms with van der Waals surface area (Å²) in [6, 6.07) is 11.2. The van der Waals surface area contributed by atoms with Crippen LogP contribution in [0.25, 0.3) is 16.8 Å². The van der Waals surface area contributed by atoms with E-state index in [9.17, 15) is 0 Å². The van der Waals surface area contributed by atoms with Crippen LogP contribution in [0.5, 0.6) is 0 Å². The van der Waals surface area contributed by atoms with Gasteiger partial charge in [-0.3, -0.25) is 0 Å². The third-order valence-electron chi connectivity index (χ3n) is 3.62. The van der Waals surface area contributed by atoms with Gasteiger partial charge in [-0.2, -0.15) is 0 Å². The van der Waals surface area contributed by atoms with E-state index in [1.54, 1.807) is 0 Å². The highest BCUT2D eigenvalue weighted by atomic mass is 14.2. The Morgan fingerprint density at radius 3 is 2.94 bits per heavy atom. The zero-order valence-electron chi connectivity index (χ0n) is 9.83. The van der Waals surface area contributed by atoms with Crippen LogP contribution in [0, 0.1) is 6.92 Å². The molecule has 0 spiro atoms. The summed E-state index contributed by atoms with van der Waals surface area (Å²) in [5.41, 5.74) is 4.28. The zero-order valence-corrected chi connectivity index (χ0v) is 9.83. The van der Waals surface area contributed by atoms with E-state index in [0.29, 0.717) is 5.92 Å². The molecule has 0 amide bonds. The molecule has 0 N–H and O–H groups in total. The summed E-state index contributed by atoms with van der Waals surface area (Å²) in [5, 5.41) is 2.76. The minimum absolute atomic E-state index is 0.656. The number of hydrogen-bond donors (Lipinski definition) is 0. The molecule has 0 aromatic heterocycles. The summed E-state index contributed by atoms with van der Waals surface area (Å²) in [6.45, 7) is 4.50. The van der Waals surface area contributed by atoms with Crippen molar-refractivity contribution in [3.63, 3.8) is 0 Å². The fourth-order valence-corrected chi connectivity index (χ4v) is 2.61. The first-order valence-corrected chi connectivity index (χ1v) is 5.95. The van der Waals surface area contributed by atoms with Crippen molar-refractivity contribution in [2.24, 2.45) is 0 Å². The summed E-state index contributed by atoms with van der Waals surface area (Å²) < 4.78 is 0. The molecule has 16 heavy (non-hydrogen) atoms. The van der Waals surface area contributed by atoms with Gasteiger partial charge in [0.05, 0.1) is 0 Å². The molecule has 0 bridgehead atoms. The Labute approximate surface area is 96.6 Å². The lowest BCUT2D eigenvalue weighted by Gasteiger charge is -2.19. The predicted octanol–water partition coefficient (Wildman–Crippen LogP) is 4.67. The van der Waals surface area contributed by atoms with Crippen LogP contribution in [0.2, 0.25) is 0 Å². The largest absolute Gasteiger partial charge is 0.0833 e. The third kappa shape index (κ3) is 1.37. The van der Waals surface area contributed by atoms with Crippen molar-refractivity contribution >= 4 is 16.8 Å². The zero-order chi connectivity index (χ0) is 11.1. The summed E-state index contributed by atoms with van der Waals surface area (Å²) in [5.74, 6) is 0.656. The molecule has 0 heteroatoms. The lowest BCUT2D eigenvalue weighted by Crippen LogP contribution is -2.00. The number of benzene rings is 2. The van der Waals surface area contributed by atoms with Gasteiger partial charge >= 0.3 is 0 Å². The second-order valence-electron chi connectivity index (χ2n) is 4.82. The van der Waals surface area contributed by atoms with Gasteiger partial charge in [0.25, 0.3) is 0 Å². The average molecular weight is 208 g/mol. The van der Waals surface area contributed by atoms with Crippen molar-refractivity contribution in [1.82, 2.24) is 0 Å². The van der Waals surface area contributed by atoms with Gasteiger partial charge in [-0.05, 0) is 52.8 Å². The van der Waals surface area contributed by atoms with Crippen molar-refractivity contribution in [2.75, 3.05) is 0 Å². The molecule has 0 radical (unpaired) electrons. The quantitative estimate of drug-likeness (QED) is 0.590. The van der Waals surface area contributed by atoms with Crippen LogP contribution in [0.4, 0.5) is 0 Å². The highest BCUT2D eigenvalue weighted by Crippen LogP contribution is 2.33. The molecule has 80 valence electrons. The Morgan fingerprint density at radius 2 is 2.06 bits per heavy atom. The van der Waals surface area contributed by atoms with Gasteiger partial charge in [0.2, 0.25) is 0 Å².